The van der Waals surface area contributed by atoms with Crippen LogP contribution in [0, 0.1) is 0 Å². The van der Waals surface area contributed by atoms with Gasteiger partial charge < -0.3 is 11.5 Å². The zero-order valence-corrected chi connectivity index (χ0v) is 7.47. The number of carbonyl (C=O) groups excluding carboxylic acids is 1. The molecule has 13 heavy (non-hydrogen) atoms. The fourth-order valence-corrected chi connectivity index (χ4v) is 1.07. The van der Waals surface area contributed by atoms with Gasteiger partial charge in [0.2, 0.25) is 5.91 Å². The Labute approximate surface area is 75.9 Å². The lowest BCUT2D eigenvalue weighted by molar-refractivity contribution is -0.121. The maximum absolute atomic E-state index is 10.9. The predicted molar refractivity (Wildman–Crippen MR) is 46.4 cm³/mol. The van der Waals surface area contributed by atoms with Crippen molar-refractivity contribution in [3.05, 3.63) is 12.2 Å². The van der Waals surface area contributed by atoms with Crippen LogP contribution in [0.2, 0.25) is 0 Å². The highest BCUT2D eigenvalue weighted by molar-refractivity contribution is 5.78. The molecule has 0 spiro atoms. The Morgan fingerprint density at radius 1 is 1.77 bits per heavy atom. The highest BCUT2D eigenvalue weighted by Crippen LogP contribution is 2.07. The molecule has 1 heterocycles. The van der Waals surface area contributed by atoms with Crippen LogP contribution in [0.5, 0.6) is 0 Å². The Balaban J connectivity index is 2.85. The standard InChI is InChI=1S/C7H13N5O/c1-2-5(7(9)13)12-4-10-6(3-8)11-12/h4-5H,2-3,8H2,1H3,(H2,9,13). The molecule has 0 saturated carbocycles. The molecule has 6 nitrogen and oxygen atoms in total. The van der Waals surface area contributed by atoms with Gasteiger partial charge in [0, 0.05) is 0 Å². The highest BCUT2D eigenvalue weighted by Gasteiger charge is 2.16. The molecule has 1 amide bonds. The van der Waals surface area contributed by atoms with Crippen molar-refractivity contribution < 1.29 is 4.79 Å². The fourth-order valence-electron chi connectivity index (χ4n) is 1.07. The number of primary amides is 1. The van der Waals surface area contributed by atoms with Gasteiger partial charge in [0.1, 0.15) is 12.4 Å². The molecule has 1 aromatic heterocycles. The predicted octanol–water partition coefficient (Wildman–Crippen LogP) is -0.827. The monoisotopic (exact) mass is 183 g/mol. The van der Waals surface area contributed by atoms with Crippen LogP contribution in [0.25, 0.3) is 0 Å². The first kappa shape index (κ1) is 9.66. The Hall–Kier alpha value is -1.43. The number of hydrogen-bond donors (Lipinski definition) is 2. The zero-order chi connectivity index (χ0) is 9.84. The molecule has 0 radical (unpaired) electrons. The quantitative estimate of drug-likeness (QED) is 0.636. The average molecular weight is 183 g/mol. The van der Waals surface area contributed by atoms with E-state index in [1.54, 1.807) is 0 Å². The highest BCUT2D eigenvalue weighted by atomic mass is 16.1. The minimum absolute atomic E-state index is 0.266. The molecule has 0 aliphatic rings. The second-order valence-corrected chi connectivity index (χ2v) is 2.67. The van der Waals surface area contributed by atoms with E-state index in [1.165, 1.54) is 11.0 Å². The van der Waals surface area contributed by atoms with Gasteiger partial charge in [0.15, 0.2) is 5.82 Å². The first-order valence-electron chi connectivity index (χ1n) is 4.08. The van der Waals surface area contributed by atoms with Crippen molar-refractivity contribution in [1.29, 1.82) is 0 Å². The van der Waals surface area contributed by atoms with Crippen molar-refractivity contribution in [2.24, 2.45) is 11.5 Å². The van der Waals surface area contributed by atoms with E-state index in [4.69, 9.17) is 11.5 Å². The molecule has 1 unspecified atom stereocenters. The van der Waals surface area contributed by atoms with Gasteiger partial charge in [-0.2, -0.15) is 5.10 Å². The summed E-state index contributed by atoms with van der Waals surface area (Å²) in [6, 6.07) is -0.423. The second-order valence-electron chi connectivity index (χ2n) is 2.67. The molecule has 4 N–H and O–H groups in total. The van der Waals surface area contributed by atoms with E-state index < -0.39 is 11.9 Å². The fraction of sp³-hybridized carbons (Fsp3) is 0.571. The molecule has 0 saturated heterocycles. The lowest BCUT2D eigenvalue weighted by Crippen LogP contribution is -2.26. The molecule has 0 fully saturated rings. The average Bonchev–Trinajstić information content (AvgIpc) is 2.53. The smallest absolute Gasteiger partial charge is 0.242 e. The van der Waals surface area contributed by atoms with Crippen LogP contribution in [0.1, 0.15) is 25.2 Å². The summed E-state index contributed by atoms with van der Waals surface area (Å²) in [5, 5.41) is 4.00. The molecule has 1 atom stereocenters. The van der Waals surface area contributed by atoms with Crippen LogP contribution in [-0.2, 0) is 11.3 Å². The normalized spacial score (nSPS) is 12.8. The van der Waals surface area contributed by atoms with Gasteiger partial charge in [-0.25, -0.2) is 9.67 Å². The van der Waals surface area contributed by atoms with Crippen molar-refractivity contribution in [2.45, 2.75) is 25.9 Å². The Morgan fingerprint density at radius 2 is 2.46 bits per heavy atom. The Bertz CT molecular complexity index is 295. The Kier molecular flexibility index (Phi) is 2.97. The summed E-state index contributed by atoms with van der Waals surface area (Å²) >= 11 is 0. The van der Waals surface area contributed by atoms with Crippen LogP contribution >= 0.6 is 0 Å². The molecule has 6 heteroatoms. The summed E-state index contributed by atoms with van der Waals surface area (Å²) in [6.45, 7) is 2.13. The number of amides is 1. The van der Waals surface area contributed by atoms with E-state index in [1.807, 2.05) is 6.92 Å². The summed E-state index contributed by atoms with van der Waals surface area (Å²) in [4.78, 5) is 14.8. The molecule has 0 aliphatic carbocycles. The lowest BCUT2D eigenvalue weighted by atomic mass is 10.2. The molecule has 0 aromatic carbocycles. The number of rotatable bonds is 4. The summed E-state index contributed by atoms with van der Waals surface area (Å²) in [6.07, 6.45) is 2.07. The zero-order valence-electron chi connectivity index (χ0n) is 7.47. The molecule has 1 rings (SSSR count). The van der Waals surface area contributed by atoms with Gasteiger partial charge in [-0.3, -0.25) is 4.79 Å². The van der Waals surface area contributed by atoms with Crippen LogP contribution in [0.15, 0.2) is 6.33 Å². The van der Waals surface area contributed by atoms with Crippen LogP contribution in [0.3, 0.4) is 0 Å². The van der Waals surface area contributed by atoms with E-state index in [9.17, 15) is 4.79 Å². The molecular formula is C7H13N5O. The summed E-state index contributed by atoms with van der Waals surface area (Å²) in [7, 11) is 0. The van der Waals surface area contributed by atoms with Crippen LogP contribution in [0.4, 0.5) is 0 Å². The molecule has 72 valence electrons. The number of carbonyl (C=O) groups is 1. The van der Waals surface area contributed by atoms with Crippen LogP contribution in [-0.4, -0.2) is 20.7 Å². The van der Waals surface area contributed by atoms with Gasteiger partial charge in [-0.1, -0.05) is 6.92 Å². The minimum Gasteiger partial charge on any atom is -0.368 e. The first-order chi connectivity index (χ1) is 6.19. The number of hydrogen-bond acceptors (Lipinski definition) is 4. The van der Waals surface area contributed by atoms with Crippen LogP contribution < -0.4 is 11.5 Å². The maximum Gasteiger partial charge on any atom is 0.242 e. The van der Waals surface area contributed by atoms with Gasteiger partial charge in [-0.05, 0) is 6.42 Å². The summed E-state index contributed by atoms with van der Waals surface area (Å²) < 4.78 is 1.45. The van der Waals surface area contributed by atoms with Gasteiger partial charge in [0.25, 0.3) is 0 Å². The molecule has 0 bridgehead atoms. The number of aromatic nitrogens is 3. The van der Waals surface area contributed by atoms with Crippen molar-refractivity contribution >= 4 is 5.91 Å². The van der Waals surface area contributed by atoms with Gasteiger partial charge in [0.05, 0.1) is 6.54 Å². The first-order valence-corrected chi connectivity index (χ1v) is 4.08. The SMILES string of the molecule is CCC(C(N)=O)n1cnc(CN)n1. The molecule has 1 aromatic rings. The minimum atomic E-state index is -0.423. The number of nitrogens with two attached hydrogens (primary N) is 2. The third-order valence-electron chi connectivity index (χ3n) is 1.77. The topological polar surface area (TPSA) is 99.8 Å². The Morgan fingerprint density at radius 3 is 2.85 bits per heavy atom. The second kappa shape index (κ2) is 3.99. The van der Waals surface area contributed by atoms with E-state index in [2.05, 4.69) is 10.1 Å². The van der Waals surface area contributed by atoms with E-state index in [0.717, 1.165) is 0 Å². The van der Waals surface area contributed by atoms with Crippen molar-refractivity contribution in [3.63, 3.8) is 0 Å². The van der Waals surface area contributed by atoms with Crippen molar-refractivity contribution in [2.75, 3.05) is 0 Å². The molecule has 0 aliphatic heterocycles. The van der Waals surface area contributed by atoms with E-state index >= 15 is 0 Å². The third kappa shape index (κ3) is 2.03. The largest absolute Gasteiger partial charge is 0.368 e. The van der Waals surface area contributed by atoms with E-state index in [-0.39, 0.29) is 6.54 Å². The van der Waals surface area contributed by atoms with Gasteiger partial charge in [-0.15, -0.1) is 0 Å². The number of nitrogens with zero attached hydrogens (tertiary/aromatic N) is 3. The van der Waals surface area contributed by atoms with Gasteiger partial charge >= 0.3 is 0 Å². The molecular weight excluding hydrogens is 170 g/mol. The van der Waals surface area contributed by atoms with Crippen molar-refractivity contribution in [3.8, 4) is 0 Å². The summed E-state index contributed by atoms with van der Waals surface area (Å²) in [5.74, 6) is 0.107. The van der Waals surface area contributed by atoms with Crippen molar-refractivity contribution in [1.82, 2.24) is 14.8 Å². The summed E-state index contributed by atoms with van der Waals surface area (Å²) in [5.41, 5.74) is 10.5. The third-order valence-corrected chi connectivity index (χ3v) is 1.77. The maximum atomic E-state index is 10.9. The van der Waals surface area contributed by atoms with E-state index in [0.29, 0.717) is 12.2 Å². The lowest BCUT2D eigenvalue weighted by Gasteiger charge is -2.09.